The van der Waals surface area contributed by atoms with Crippen LogP contribution >= 0.6 is 0 Å². The first kappa shape index (κ1) is 18.4. The van der Waals surface area contributed by atoms with Crippen LogP contribution < -0.4 is 16.6 Å². The number of esters is 1. The summed E-state index contributed by atoms with van der Waals surface area (Å²) in [6.07, 6.45) is 1.34. The normalized spacial score (nSPS) is 19.4. The van der Waals surface area contributed by atoms with Crippen LogP contribution in [0.5, 0.6) is 0 Å². The van der Waals surface area contributed by atoms with Gasteiger partial charge in [0.15, 0.2) is 0 Å². The zero-order valence-electron chi connectivity index (χ0n) is 15.8. The number of H-pyrrole nitrogens is 1. The number of aromatic amines is 1. The molecular formula is C19H25N3O4. The molecule has 0 bridgehead atoms. The van der Waals surface area contributed by atoms with Gasteiger partial charge in [0, 0.05) is 17.1 Å². The lowest BCUT2D eigenvalue weighted by atomic mass is 9.79. The highest BCUT2D eigenvalue weighted by atomic mass is 16.5. The fourth-order valence-electron chi connectivity index (χ4n) is 4.26. The van der Waals surface area contributed by atoms with Gasteiger partial charge in [-0.3, -0.25) is 9.36 Å². The van der Waals surface area contributed by atoms with Crippen LogP contribution in [-0.2, 0) is 4.74 Å². The molecule has 1 aromatic heterocycles. The SMILES string of the molecule is COC(=O)c1ccc2c(=O)n(C3CC(C)(C)NC(C)(C)C3)c(=O)[nH]c2c1. The van der Waals surface area contributed by atoms with Crippen LogP contribution in [0.15, 0.2) is 27.8 Å². The van der Waals surface area contributed by atoms with Gasteiger partial charge in [-0.05, 0) is 58.7 Å². The quantitative estimate of drug-likeness (QED) is 0.800. The molecular weight excluding hydrogens is 334 g/mol. The number of carbonyl (C=O) groups is 1. The third-order valence-electron chi connectivity index (χ3n) is 4.88. The van der Waals surface area contributed by atoms with Gasteiger partial charge in [0.25, 0.3) is 5.56 Å². The zero-order valence-corrected chi connectivity index (χ0v) is 15.8. The van der Waals surface area contributed by atoms with Crippen LogP contribution in [0.4, 0.5) is 0 Å². The predicted octanol–water partition coefficient (Wildman–Crippen LogP) is 1.96. The predicted molar refractivity (Wildman–Crippen MR) is 99.7 cm³/mol. The number of hydrogen-bond donors (Lipinski definition) is 2. The highest BCUT2D eigenvalue weighted by Crippen LogP contribution is 2.34. The van der Waals surface area contributed by atoms with Crippen molar-refractivity contribution in [1.82, 2.24) is 14.9 Å². The molecule has 0 amide bonds. The molecule has 1 aliphatic heterocycles. The second kappa shape index (κ2) is 6.09. The number of rotatable bonds is 2. The van der Waals surface area contributed by atoms with Gasteiger partial charge in [0.1, 0.15) is 0 Å². The van der Waals surface area contributed by atoms with E-state index in [4.69, 9.17) is 0 Å². The highest BCUT2D eigenvalue weighted by molar-refractivity contribution is 5.93. The Morgan fingerprint density at radius 3 is 2.35 bits per heavy atom. The van der Waals surface area contributed by atoms with Crippen LogP contribution in [0.25, 0.3) is 10.9 Å². The number of carbonyl (C=O) groups excluding carboxylic acids is 1. The van der Waals surface area contributed by atoms with Gasteiger partial charge in [0.05, 0.1) is 23.6 Å². The van der Waals surface area contributed by atoms with E-state index in [1.54, 1.807) is 6.07 Å². The van der Waals surface area contributed by atoms with Crippen LogP contribution in [0.2, 0.25) is 0 Å². The number of methoxy groups -OCH3 is 1. The van der Waals surface area contributed by atoms with Crippen LogP contribution in [-0.4, -0.2) is 33.7 Å². The van der Waals surface area contributed by atoms with E-state index in [9.17, 15) is 14.4 Å². The third kappa shape index (κ3) is 3.31. The van der Waals surface area contributed by atoms with Crippen LogP contribution in [0, 0.1) is 0 Å². The number of ether oxygens (including phenoxy) is 1. The summed E-state index contributed by atoms with van der Waals surface area (Å²) in [6.45, 7) is 8.29. The zero-order chi connectivity index (χ0) is 19.3. The maximum Gasteiger partial charge on any atom is 0.337 e. The van der Waals surface area contributed by atoms with Crippen molar-refractivity contribution >= 4 is 16.9 Å². The molecule has 0 spiro atoms. The summed E-state index contributed by atoms with van der Waals surface area (Å²) in [5.41, 5.74) is -0.547. The Kier molecular flexibility index (Phi) is 4.30. The first-order valence-electron chi connectivity index (χ1n) is 8.69. The van der Waals surface area contributed by atoms with Gasteiger partial charge in [0.2, 0.25) is 0 Å². The van der Waals surface area contributed by atoms with E-state index in [0.717, 1.165) is 0 Å². The van der Waals surface area contributed by atoms with Gasteiger partial charge in [-0.25, -0.2) is 9.59 Å². The number of nitrogens with one attached hydrogen (secondary N) is 2. The molecule has 0 aliphatic carbocycles. The fraction of sp³-hybridized carbons (Fsp3) is 0.526. The lowest BCUT2D eigenvalue weighted by molar-refractivity contribution is 0.0601. The number of hydrogen-bond acceptors (Lipinski definition) is 5. The van der Waals surface area contributed by atoms with E-state index >= 15 is 0 Å². The average molecular weight is 359 g/mol. The van der Waals surface area contributed by atoms with Gasteiger partial charge >= 0.3 is 11.7 Å². The van der Waals surface area contributed by atoms with Crippen molar-refractivity contribution in [3.8, 4) is 0 Å². The van der Waals surface area contributed by atoms with Gasteiger partial charge in [-0.1, -0.05) is 0 Å². The maximum absolute atomic E-state index is 13.0. The van der Waals surface area contributed by atoms with Crippen LogP contribution in [0.1, 0.15) is 56.9 Å². The Balaban J connectivity index is 2.14. The molecule has 3 rings (SSSR count). The van der Waals surface area contributed by atoms with Crippen molar-refractivity contribution in [3.05, 3.63) is 44.6 Å². The third-order valence-corrected chi connectivity index (χ3v) is 4.88. The molecule has 140 valence electrons. The summed E-state index contributed by atoms with van der Waals surface area (Å²) >= 11 is 0. The van der Waals surface area contributed by atoms with E-state index in [1.165, 1.54) is 23.8 Å². The van der Waals surface area contributed by atoms with E-state index in [1.807, 2.05) is 0 Å². The molecule has 0 radical (unpaired) electrons. The molecule has 1 fully saturated rings. The summed E-state index contributed by atoms with van der Waals surface area (Å²) in [5, 5.41) is 3.94. The molecule has 2 N–H and O–H groups in total. The molecule has 2 heterocycles. The van der Waals surface area contributed by atoms with Gasteiger partial charge in [-0.2, -0.15) is 0 Å². The molecule has 1 saturated heterocycles. The second-order valence-electron chi connectivity index (χ2n) is 8.31. The Morgan fingerprint density at radius 1 is 1.15 bits per heavy atom. The lowest BCUT2D eigenvalue weighted by Crippen LogP contribution is -2.59. The Hall–Kier alpha value is -2.41. The van der Waals surface area contributed by atoms with E-state index in [2.05, 4.69) is 42.7 Å². The van der Waals surface area contributed by atoms with E-state index in [0.29, 0.717) is 23.7 Å². The first-order chi connectivity index (χ1) is 12.0. The fourth-order valence-corrected chi connectivity index (χ4v) is 4.26. The lowest BCUT2D eigenvalue weighted by Gasteiger charge is -2.46. The number of piperidine rings is 1. The van der Waals surface area contributed by atoms with Crippen molar-refractivity contribution in [2.45, 2.75) is 57.7 Å². The summed E-state index contributed by atoms with van der Waals surface area (Å²) in [5.74, 6) is -0.515. The molecule has 1 aliphatic rings. The Labute approximate surface area is 151 Å². The van der Waals surface area contributed by atoms with Crippen LogP contribution in [0.3, 0.4) is 0 Å². The second-order valence-corrected chi connectivity index (χ2v) is 8.31. The highest BCUT2D eigenvalue weighted by Gasteiger charge is 2.39. The maximum atomic E-state index is 13.0. The molecule has 0 saturated carbocycles. The molecule has 2 aromatic rings. The molecule has 1 aromatic carbocycles. The van der Waals surface area contributed by atoms with Gasteiger partial charge in [-0.15, -0.1) is 0 Å². The summed E-state index contributed by atoms with van der Waals surface area (Å²) < 4.78 is 6.01. The number of aromatic nitrogens is 2. The van der Waals surface area contributed by atoms with Crippen molar-refractivity contribution < 1.29 is 9.53 Å². The number of benzene rings is 1. The standard InChI is InChI=1S/C19H25N3O4/c1-18(2)9-12(10-19(3,4)21-18)22-15(23)13-7-6-11(16(24)26-5)8-14(13)20-17(22)25/h6-8,12,21H,9-10H2,1-5H3,(H,20,25). The Bertz CT molecular complexity index is 968. The van der Waals surface area contributed by atoms with Crippen molar-refractivity contribution in [2.24, 2.45) is 0 Å². The summed E-state index contributed by atoms with van der Waals surface area (Å²) in [7, 11) is 1.29. The van der Waals surface area contributed by atoms with Crippen molar-refractivity contribution in [1.29, 1.82) is 0 Å². The number of nitrogens with zero attached hydrogens (tertiary/aromatic N) is 1. The van der Waals surface area contributed by atoms with Crippen molar-refractivity contribution in [2.75, 3.05) is 7.11 Å². The average Bonchev–Trinajstić information content (AvgIpc) is 2.50. The first-order valence-corrected chi connectivity index (χ1v) is 8.69. The molecule has 26 heavy (non-hydrogen) atoms. The smallest absolute Gasteiger partial charge is 0.337 e. The minimum atomic E-state index is -0.515. The molecule has 0 atom stereocenters. The minimum absolute atomic E-state index is 0.192. The monoisotopic (exact) mass is 359 g/mol. The topological polar surface area (TPSA) is 93.2 Å². The largest absolute Gasteiger partial charge is 0.465 e. The number of fused-ring (bicyclic) bond motifs is 1. The van der Waals surface area contributed by atoms with Gasteiger partial charge < -0.3 is 15.0 Å². The summed E-state index contributed by atoms with van der Waals surface area (Å²) in [6, 6.07) is 4.37. The summed E-state index contributed by atoms with van der Waals surface area (Å²) in [4.78, 5) is 40.2. The van der Waals surface area contributed by atoms with Crippen molar-refractivity contribution in [3.63, 3.8) is 0 Å². The van der Waals surface area contributed by atoms with E-state index < -0.39 is 11.7 Å². The molecule has 7 nitrogen and oxygen atoms in total. The minimum Gasteiger partial charge on any atom is -0.465 e. The Morgan fingerprint density at radius 2 is 1.77 bits per heavy atom. The molecule has 7 heteroatoms. The van der Waals surface area contributed by atoms with E-state index in [-0.39, 0.29) is 28.2 Å². The molecule has 0 unspecified atom stereocenters.